The third-order valence-electron chi connectivity index (χ3n) is 4.38. The van der Waals surface area contributed by atoms with E-state index in [1.165, 1.54) is 6.07 Å². The summed E-state index contributed by atoms with van der Waals surface area (Å²) in [7, 11) is 0. The van der Waals surface area contributed by atoms with Crippen molar-refractivity contribution >= 4 is 17.5 Å². The van der Waals surface area contributed by atoms with Crippen molar-refractivity contribution in [2.45, 2.75) is 32.7 Å². The number of aromatic amines is 1. The lowest BCUT2D eigenvalue weighted by molar-refractivity contribution is -0.121. The number of amides is 1. The summed E-state index contributed by atoms with van der Waals surface area (Å²) in [5.74, 6) is 0.454. The van der Waals surface area contributed by atoms with Gasteiger partial charge >= 0.3 is 0 Å². The topological polar surface area (TPSA) is 74.8 Å². The standard InChI is InChI=1S/C22H22ClN3O2/c1-14-4-3-5-16(10-14)11-21(27)26-20(17-6-8-18(23)9-7-17)12-19-13-22(28)25-15(2)24-19/h3-10,13,20H,11-12H2,1-2H3,(H,26,27)(H,24,25,28)/t20-/m0/s1. The molecule has 0 aliphatic rings. The van der Waals surface area contributed by atoms with Crippen LogP contribution in [0, 0.1) is 13.8 Å². The highest BCUT2D eigenvalue weighted by Crippen LogP contribution is 2.20. The molecular formula is C22H22ClN3O2. The van der Waals surface area contributed by atoms with Gasteiger partial charge in [-0.2, -0.15) is 0 Å². The third-order valence-corrected chi connectivity index (χ3v) is 4.63. The molecule has 2 N–H and O–H groups in total. The largest absolute Gasteiger partial charge is 0.349 e. The van der Waals surface area contributed by atoms with E-state index in [1.807, 2.05) is 43.3 Å². The molecule has 28 heavy (non-hydrogen) atoms. The zero-order valence-electron chi connectivity index (χ0n) is 15.8. The molecule has 144 valence electrons. The van der Waals surface area contributed by atoms with Crippen LogP contribution in [0.3, 0.4) is 0 Å². The second kappa shape index (κ2) is 8.85. The van der Waals surface area contributed by atoms with Gasteiger partial charge in [0.05, 0.1) is 18.2 Å². The summed E-state index contributed by atoms with van der Waals surface area (Å²) in [4.78, 5) is 31.5. The Labute approximate surface area is 168 Å². The second-order valence-corrected chi connectivity index (χ2v) is 7.30. The highest BCUT2D eigenvalue weighted by molar-refractivity contribution is 6.30. The Morgan fingerprint density at radius 1 is 1.14 bits per heavy atom. The second-order valence-electron chi connectivity index (χ2n) is 6.86. The predicted octanol–water partition coefficient (Wildman–Crippen LogP) is 3.68. The minimum absolute atomic E-state index is 0.0906. The number of carbonyl (C=O) groups is 1. The first kappa shape index (κ1) is 19.8. The average molecular weight is 396 g/mol. The van der Waals surface area contributed by atoms with Gasteiger partial charge in [-0.15, -0.1) is 0 Å². The lowest BCUT2D eigenvalue weighted by Gasteiger charge is -2.19. The number of nitrogens with zero attached hydrogens (tertiary/aromatic N) is 1. The fourth-order valence-corrected chi connectivity index (χ4v) is 3.28. The van der Waals surface area contributed by atoms with Crippen LogP contribution in [0.4, 0.5) is 0 Å². The van der Waals surface area contributed by atoms with Gasteiger partial charge in [0.2, 0.25) is 5.91 Å². The number of aryl methyl sites for hydroxylation is 2. The van der Waals surface area contributed by atoms with Crippen molar-refractivity contribution in [2.24, 2.45) is 0 Å². The first-order valence-electron chi connectivity index (χ1n) is 9.06. The lowest BCUT2D eigenvalue weighted by atomic mass is 10.0. The van der Waals surface area contributed by atoms with E-state index in [0.29, 0.717) is 23.0 Å². The van der Waals surface area contributed by atoms with Gasteiger partial charge in [-0.25, -0.2) is 4.98 Å². The fourth-order valence-electron chi connectivity index (χ4n) is 3.16. The number of aromatic nitrogens is 2. The molecule has 1 atom stereocenters. The van der Waals surface area contributed by atoms with Crippen LogP contribution >= 0.6 is 11.6 Å². The maximum atomic E-state index is 12.7. The summed E-state index contributed by atoms with van der Waals surface area (Å²) in [5.41, 5.74) is 3.39. The van der Waals surface area contributed by atoms with E-state index in [2.05, 4.69) is 15.3 Å². The molecule has 0 saturated carbocycles. The van der Waals surface area contributed by atoms with E-state index < -0.39 is 0 Å². The summed E-state index contributed by atoms with van der Waals surface area (Å²) in [6, 6.07) is 16.3. The molecule has 0 aliphatic carbocycles. The molecular weight excluding hydrogens is 374 g/mol. The minimum Gasteiger partial charge on any atom is -0.349 e. The molecule has 6 heteroatoms. The summed E-state index contributed by atoms with van der Waals surface area (Å²) in [6.45, 7) is 3.73. The highest BCUT2D eigenvalue weighted by atomic mass is 35.5. The maximum absolute atomic E-state index is 12.7. The Morgan fingerprint density at radius 3 is 2.57 bits per heavy atom. The number of hydrogen-bond acceptors (Lipinski definition) is 3. The van der Waals surface area contributed by atoms with Crippen molar-refractivity contribution in [1.82, 2.24) is 15.3 Å². The normalized spacial score (nSPS) is 11.8. The monoisotopic (exact) mass is 395 g/mol. The van der Waals surface area contributed by atoms with Gasteiger partial charge in [-0.05, 0) is 37.1 Å². The number of hydrogen-bond donors (Lipinski definition) is 2. The third kappa shape index (κ3) is 5.54. The predicted molar refractivity (Wildman–Crippen MR) is 111 cm³/mol. The van der Waals surface area contributed by atoms with Gasteiger partial charge in [0.25, 0.3) is 5.56 Å². The van der Waals surface area contributed by atoms with E-state index in [1.54, 1.807) is 19.1 Å². The van der Waals surface area contributed by atoms with Crippen molar-refractivity contribution in [3.8, 4) is 0 Å². The highest BCUT2D eigenvalue weighted by Gasteiger charge is 2.17. The first-order chi connectivity index (χ1) is 13.4. The quantitative estimate of drug-likeness (QED) is 0.668. The minimum atomic E-state index is -0.316. The molecule has 0 saturated heterocycles. The number of carbonyl (C=O) groups excluding carboxylic acids is 1. The summed E-state index contributed by atoms with van der Waals surface area (Å²) < 4.78 is 0. The smallest absolute Gasteiger partial charge is 0.251 e. The molecule has 1 amide bonds. The van der Waals surface area contributed by atoms with Gasteiger partial charge in [0, 0.05) is 17.5 Å². The van der Waals surface area contributed by atoms with Crippen molar-refractivity contribution in [3.05, 3.63) is 98.2 Å². The van der Waals surface area contributed by atoms with Gasteiger partial charge < -0.3 is 10.3 Å². The average Bonchev–Trinajstić information content (AvgIpc) is 2.61. The molecule has 0 bridgehead atoms. The van der Waals surface area contributed by atoms with Gasteiger partial charge in [-0.1, -0.05) is 53.6 Å². The molecule has 0 fully saturated rings. The Hall–Kier alpha value is -2.92. The van der Waals surface area contributed by atoms with Crippen LogP contribution in [0.1, 0.15) is 34.3 Å². The van der Waals surface area contributed by atoms with E-state index in [-0.39, 0.29) is 23.9 Å². The van der Waals surface area contributed by atoms with Crippen LogP contribution in [0.25, 0.3) is 0 Å². The van der Waals surface area contributed by atoms with E-state index >= 15 is 0 Å². The number of halogens is 1. The summed E-state index contributed by atoms with van der Waals surface area (Å²) in [6.07, 6.45) is 0.694. The van der Waals surface area contributed by atoms with Crippen molar-refractivity contribution in [1.29, 1.82) is 0 Å². The molecule has 0 radical (unpaired) electrons. The van der Waals surface area contributed by atoms with E-state index in [4.69, 9.17) is 11.6 Å². The molecule has 1 aromatic heterocycles. The number of rotatable bonds is 6. The molecule has 0 spiro atoms. The summed E-state index contributed by atoms with van der Waals surface area (Å²) in [5, 5.41) is 3.70. The summed E-state index contributed by atoms with van der Waals surface area (Å²) >= 11 is 6.00. The zero-order valence-corrected chi connectivity index (χ0v) is 16.6. The Bertz CT molecular complexity index is 1030. The number of nitrogens with one attached hydrogen (secondary N) is 2. The molecule has 3 aromatic rings. The molecule has 0 aliphatic heterocycles. The molecule has 0 unspecified atom stereocenters. The van der Waals surface area contributed by atoms with E-state index in [0.717, 1.165) is 16.7 Å². The van der Waals surface area contributed by atoms with Crippen molar-refractivity contribution in [3.63, 3.8) is 0 Å². The van der Waals surface area contributed by atoms with E-state index in [9.17, 15) is 9.59 Å². The zero-order chi connectivity index (χ0) is 20.1. The fraction of sp³-hybridized carbons (Fsp3) is 0.227. The van der Waals surface area contributed by atoms with Crippen LogP contribution < -0.4 is 10.9 Å². The van der Waals surface area contributed by atoms with Gasteiger partial charge in [0.1, 0.15) is 5.82 Å². The molecule has 1 heterocycles. The maximum Gasteiger partial charge on any atom is 0.251 e. The molecule has 5 nitrogen and oxygen atoms in total. The Balaban J connectivity index is 1.82. The van der Waals surface area contributed by atoms with Crippen molar-refractivity contribution < 1.29 is 4.79 Å². The van der Waals surface area contributed by atoms with Crippen LogP contribution in [0.5, 0.6) is 0 Å². The van der Waals surface area contributed by atoms with Crippen LogP contribution in [0.15, 0.2) is 59.4 Å². The van der Waals surface area contributed by atoms with Crippen molar-refractivity contribution in [2.75, 3.05) is 0 Å². The Kier molecular flexibility index (Phi) is 6.26. The molecule has 2 aromatic carbocycles. The van der Waals surface area contributed by atoms with Gasteiger partial charge in [0.15, 0.2) is 0 Å². The lowest BCUT2D eigenvalue weighted by Crippen LogP contribution is -2.31. The number of H-pyrrole nitrogens is 1. The Morgan fingerprint density at radius 2 is 1.89 bits per heavy atom. The molecule has 3 rings (SSSR count). The van der Waals surface area contributed by atoms with Crippen LogP contribution in [-0.2, 0) is 17.6 Å². The van der Waals surface area contributed by atoms with Crippen LogP contribution in [-0.4, -0.2) is 15.9 Å². The number of benzene rings is 2. The SMILES string of the molecule is Cc1cccc(CC(=O)N[C@@H](Cc2cc(=O)[nH]c(C)n2)c2ccc(Cl)cc2)c1. The van der Waals surface area contributed by atoms with Gasteiger partial charge in [-0.3, -0.25) is 9.59 Å². The van der Waals surface area contributed by atoms with Crippen LogP contribution in [0.2, 0.25) is 5.02 Å². The first-order valence-corrected chi connectivity index (χ1v) is 9.44.